The van der Waals surface area contributed by atoms with Gasteiger partial charge in [-0.2, -0.15) is 5.26 Å². The van der Waals surface area contributed by atoms with Crippen LogP contribution in [0.3, 0.4) is 0 Å². The molecular formula is C18H11Cl2N3OS. The lowest BCUT2D eigenvalue weighted by atomic mass is 10.1. The fraction of sp³-hybridized carbons (Fsp3) is 0.0556. The van der Waals surface area contributed by atoms with E-state index in [1.165, 1.54) is 11.3 Å². The predicted octanol–water partition coefficient (Wildman–Crippen LogP) is 5.16. The van der Waals surface area contributed by atoms with Gasteiger partial charge in [0.05, 0.1) is 11.6 Å². The van der Waals surface area contributed by atoms with Crippen LogP contribution < -0.4 is 5.32 Å². The molecule has 1 amide bonds. The molecule has 3 aromatic rings. The van der Waals surface area contributed by atoms with E-state index in [1.54, 1.807) is 42.6 Å². The van der Waals surface area contributed by atoms with Crippen molar-refractivity contribution in [1.29, 1.82) is 5.26 Å². The number of nitrogens with zero attached hydrogens (tertiary/aromatic N) is 2. The quantitative estimate of drug-likeness (QED) is 0.671. The molecule has 0 aliphatic heterocycles. The third-order valence-electron chi connectivity index (χ3n) is 3.42. The van der Waals surface area contributed by atoms with Crippen molar-refractivity contribution < 1.29 is 4.79 Å². The summed E-state index contributed by atoms with van der Waals surface area (Å²) < 4.78 is 0. The molecule has 0 saturated carbocycles. The Morgan fingerprint density at radius 2 is 1.96 bits per heavy atom. The maximum absolute atomic E-state index is 12.2. The lowest BCUT2D eigenvalue weighted by molar-refractivity contribution is 0.102. The summed E-state index contributed by atoms with van der Waals surface area (Å²) in [4.78, 5) is 17.4. The molecule has 4 nitrogen and oxygen atoms in total. The molecule has 0 unspecified atom stereocenters. The van der Waals surface area contributed by atoms with E-state index in [9.17, 15) is 4.79 Å². The first-order valence-electron chi connectivity index (χ1n) is 7.25. The molecule has 0 atom stereocenters. The van der Waals surface area contributed by atoms with Crippen LogP contribution in [0.5, 0.6) is 0 Å². The van der Waals surface area contributed by atoms with Gasteiger partial charge in [-0.05, 0) is 48.0 Å². The number of aromatic nitrogens is 1. The van der Waals surface area contributed by atoms with Crippen LogP contribution in [-0.4, -0.2) is 10.9 Å². The standard InChI is InChI=1S/C18H11Cl2N3OS/c19-14-5-6-16(20)13(7-14)8-15-10-22-18(25-15)23-17(24)12-3-1-11(9-21)2-4-12/h1-7,10H,8H2,(H,22,23,24). The highest BCUT2D eigenvalue weighted by Gasteiger charge is 2.11. The minimum Gasteiger partial charge on any atom is -0.298 e. The Hall–Kier alpha value is -2.39. The maximum Gasteiger partial charge on any atom is 0.257 e. The fourth-order valence-electron chi connectivity index (χ4n) is 2.18. The molecule has 1 heterocycles. The summed E-state index contributed by atoms with van der Waals surface area (Å²) in [6.45, 7) is 0. The van der Waals surface area contributed by atoms with E-state index in [0.29, 0.717) is 32.7 Å². The van der Waals surface area contributed by atoms with Crippen LogP contribution in [0.1, 0.15) is 26.4 Å². The van der Waals surface area contributed by atoms with Gasteiger partial charge in [0, 0.05) is 33.1 Å². The molecule has 0 aliphatic rings. The maximum atomic E-state index is 12.2. The number of nitriles is 1. The topological polar surface area (TPSA) is 65.8 Å². The van der Waals surface area contributed by atoms with E-state index in [0.717, 1.165) is 10.4 Å². The number of amides is 1. The highest BCUT2D eigenvalue weighted by molar-refractivity contribution is 7.15. The second-order valence-corrected chi connectivity index (χ2v) is 7.15. The van der Waals surface area contributed by atoms with Gasteiger partial charge >= 0.3 is 0 Å². The average molecular weight is 388 g/mol. The van der Waals surface area contributed by atoms with Crippen LogP contribution in [0.25, 0.3) is 0 Å². The van der Waals surface area contributed by atoms with Crippen molar-refractivity contribution in [1.82, 2.24) is 4.98 Å². The van der Waals surface area contributed by atoms with Gasteiger partial charge in [-0.3, -0.25) is 10.1 Å². The Morgan fingerprint density at radius 3 is 2.68 bits per heavy atom. The summed E-state index contributed by atoms with van der Waals surface area (Å²) in [5, 5.41) is 13.3. The van der Waals surface area contributed by atoms with Gasteiger partial charge in [0.25, 0.3) is 5.91 Å². The Morgan fingerprint density at radius 1 is 1.20 bits per heavy atom. The second kappa shape index (κ2) is 7.66. The minimum atomic E-state index is -0.272. The molecule has 0 radical (unpaired) electrons. The van der Waals surface area contributed by atoms with Gasteiger partial charge in [0.1, 0.15) is 0 Å². The first kappa shape index (κ1) is 17.4. The number of carbonyl (C=O) groups excluding carboxylic acids is 1. The van der Waals surface area contributed by atoms with Crippen molar-refractivity contribution in [2.75, 3.05) is 5.32 Å². The first-order valence-corrected chi connectivity index (χ1v) is 8.82. The molecule has 1 aromatic heterocycles. The monoisotopic (exact) mass is 387 g/mol. The van der Waals surface area contributed by atoms with Crippen molar-refractivity contribution in [3.05, 3.63) is 80.3 Å². The molecule has 7 heteroatoms. The molecule has 0 bridgehead atoms. The lowest BCUT2D eigenvalue weighted by Crippen LogP contribution is -2.11. The fourth-order valence-corrected chi connectivity index (χ4v) is 3.39. The van der Waals surface area contributed by atoms with Crippen molar-refractivity contribution in [2.45, 2.75) is 6.42 Å². The summed E-state index contributed by atoms with van der Waals surface area (Å²) in [5.74, 6) is -0.272. The zero-order chi connectivity index (χ0) is 17.8. The van der Waals surface area contributed by atoms with Crippen molar-refractivity contribution in [2.24, 2.45) is 0 Å². The Kier molecular flexibility index (Phi) is 5.34. The van der Waals surface area contributed by atoms with Gasteiger partial charge in [-0.1, -0.05) is 23.2 Å². The Bertz CT molecular complexity index is 961. The smallest absolute Gasteiger partial charge is 0.257 e. The number of hydrogen-bond acceptors (Lipinski definition) is 4. The molecule has 1 N–H and O–H groups in total. The molecule has 0 aliphatic carbocycles. The van der Waals surface area contributed by atoms with E-state index in [2.05, 4.69) is 10.3 Å². The SMILES string of the molecule is N#Cc1ccc(C(=O)Nc2ncc(Cc3cc(Cl)ccc3Cl)s2)cc1. The zero-order valence-corrected chi connectivity index (χ0v) is 15.1. The van der Waals surface area contributed by atoms with Crippen LogP contribution in [-0.2, 0) is 6.42 Å². The highest BCUT2D eigenvalue weighted by Crippen LogP contribution is 2.27. The summed E-state index contributed by atoms with van der Waals surface area (Å²) in [6, 6.07) is 13.7. The van der Waals surface area contributed by atoms with Gasteiger partial charge < -0.3 is 0 Å². The number of hydrogen-bond donors (Lipinski definition) is 1. The highest BCUT2D eigenvalue weighted by atomic mass is 35.5. The van der Waals surface area contributed by atoms with Crippen molar-refractivity contribution >= 4 is 45.6 Å². The van der Waals surface area contributed by atoms with Gasteiger partial charge in [0.15, 0.2) is 5.13 Å². The molecule has 2 aromatic carbocycles. The third kappa shape index (κ3) is 4.37. The number of carbonyl (C=O) groups is 1. The van der Waals surface area contributed by atoms with E-state index in [-0.39, 0.29) is 5.91 Å². The normalized spacial score (nSPS) is 10.3. The van der Waals surface area contributed by atoms with E-state index in [1.807, 2.05) is 12.1 Å². The second-order valence-electron chi connectivity index (χ2n) is 5.19. The number of halogens is 2. The number of nitrogens with one attached hydrogen (secondary N) is 1. The number of anilines is 1. The van der Waals surface area contributed by atoms with Gasteiger partial charge in [-0.25, -0.2) is 4.98 Å². The molecule has 3 rings (SSSR count). The zero-order valence-electron chi connectivity index (χ0n) is 12.8. The molecule has 124 valence electrons. The number of rotatable bonds is 4. The number of thiazole rings is 1. The molecule has 0 saturated heterocycles. The summed E-state index contributed by atoms with van der Waals surface area (Å²) >= 11 is 13.5. The largest absolute Gasteiger partial charge is 0.298 e. The number of benzene rings is 2. The van der Waals surface area contributed by atoms with E-state index in [4.69, 9.17) is 28.5 Å². The van der Waals surface area contributed by atoms with Crippen LogP contribution >= 0.6 is 34.5 Å². The van der Waals surface area contributed by atoms with Gasteiger partial charge in [-0.15, -0.1) is 11.3 Å². The molecule has 25 heavy (non-hydrogen) atoms. The van der Waals surface area contributed by atoms with Crippen LogP contribution in [0.2, 0.25) is 10.0 Å². The van der Waals surface area contributed by atoms with E-state index >= 15 is 0 Å². The Balaban J connectivity index is 1.69. The summed E-state index contributed by atoms with van der Waals surface area (Å²) in [6.07, 6.45) is 2.29. The molecular weight excluding hydrogens is 377 g/mol. The van der Waals surface area contributed by atoms with Crippen molar-refractivity contribution in [3.63, 3.8) is 0 Å². The van der Waals surface area contributed by atoms with E-state index < -0.39 is 0 Å². The lowest BCUT2D eigenvalue weighted by Gasteiger charge is -2.03. The Labute approximate surface area is 158 Å². The molecule has 0 spiro atoms. The van der Waals surface area contributed by atoms with Crippen LogP contribution in [0.15, 0.2) is 48.7 Å². The van der Waals surface area contributed by atoms with Crippen molar-refractivity contribution in [3.8, 4) is 6.07 Å². The summed E-state index contributed by atoms with van der Waals surface area (Å²) in [7, 11) is 0. The predicted molar refractivity (Wildman–Crippen MR) is 100 cm³/mol. The molecule has 0 fully saturated rings. The van der Waals surface area contributed by atoms with Crippen LogP contribution in [0, 0.1) is 11.3 Å². The summed E-state index contributed by atoms with van der Waals surface area (Å²) in [5.41, 5.74) is 1.88. The first-order chi connectivity index (χ1) is 12.0. The van der Waals surface area contributed by atoms with Crippen LogP contribution in [0.4, 0.5) is 5.13 Å². The average Bonchev–Trinajstić information content (AvgIpc) is 3.05. The third-order valence-corrected chi connectivity index (χ3v) is 4.94. The minimum absolute atomic E-state index is 0.272. The van der Waals surface area contributed by atoms with Gasteiger partial charge in [0.2, 0.25) is 0 Å².